The molecule has 0 aliphatic carbocycles. The summed E-state index contributed by atoms with van der Waals surface area (Å²) in [5.74, 6) is 0.703. The summed E-state index contributed by atoms with van der Waals surface area (Å²) in [5, 5.41) is 15.8. The highest BCUT2D eigenvalue weighted by molar-refractivity contribution is 7.09. The first-order chi connectivity index (χ1) is 11.5. The van der Waals surface area contributed by atoms with Crippen LogP contribution in [0.2, 0.25) is 5.02 Å². The standard InChI is InChI=1S/C14H12ClN5O3S/c1-7-16-10(6-24-7)12-19-20-14(23-12)18-13(21)17-9-5-8(15)3-4-11(9)22-2/h3-6H,1-2H3,(H2,17,18,20,21). The normalized spacial score (nSPS) is 10.5. The average molecular weight is 366 g/mol. The van der Waals surface area contributed by atoms with Crippen molar-refractivity contribution in [2.45, 2.75) is 6.92 Å². The van der Waals surface area contributed by atoms with Crippen LogP contribution in [0, 0.1) is 6.92 Å². The highest BCUT2D eigenvalue weighted by atomic mass is 35.5. The number of rotatable bonds is 4. The van der Waals surface area contributed by atoms with Gasteiger partial charge in [-0.2, -0.15) is 0 Å². The molecule has 8 nitrogen and oxygen atoms in total. The second-order valence-electron chi connectivity index (χ2n) is 4.59. The predicted octanol–water partition coefficient (Wildman–Crippen LogP) is 3.81. The van der Waals surface area contributed by atoms with E-state index in [2.05, 4.69) is 25.8 Å². The molecule has 1 aromatic carbocycles. The summed E-state index contributed by atoms with van der Waals surface area (Å²) >= 11 is 7.38. The number of urea groups is 1. The van der Waals surface area contributed by atoms with Gasteiger partial charge < -0.3 is 14.5 Å². The Kier molecular flexibility index (Phi) is 4.63. The minimum absolute atomic E-state index is 0.0471. The zero-order valence-electron chi connectivity index (χ0n) is 12.7. The van der Waals surface area contributed by atoms with Crippen LogP contribution >= 0.6 is 22.9 Å². The molecule has 2 N–H and O–H groups in total. The molecule has 0 unspecified atom stereocenters. The maximum atomic E-state index is 12.0. The van der Waals surface area contributed by atoms with Gasteiger partial charge in [0.1, 0.15) is 11.4 Å². The van der Waals surface area contributed by atoms with Crippen LogP contribution in [0.25, 0.3) is 11.6 Å². The van der Waals surface area contributed by atoms with E-state index < -0.39 is 6.03 Å². The highest BCUT2D eigenvalue weighted by Gasteiger charge is 2.14. The Morgan fingerprint density at radius 2 is 2.17 bits per heavy atom. The maximum Gasteiger partial charge on any atom is 0.327 e. The number of benzene rings is 1. The van der Waals surface area contributed by atoms with Gasteiger partial charge in [-0.25, -0.2) is 9.78 Å². The van der Waals surface area contributed by atoms with E-state index in [1.165, 1.54) is 18.4 Å². The fourth-order valence-corrected chi connectivity index (χ4v) is 2.63. The highest BCUT2D eigenvalue weighted by Crippen LogP contribution is 2.28. The van der Waals surface area contributed by atoms with Crippen molar-refractivity contribution in [2.24, 2.45) is 0 Å². The Labute approximate surface area is 145 Å². The molecule has 124 valence electrons. The summed E-state index contributed by atoms with van der Waals surface area (Å²) in [4.78, 5) is 16.3. The summed E-state index contributed by atoms with van der Waals surface area (Å²) in [6.07, 6.45) is 0. The van der Waals surface area contributed by atoms with Crippen LogP contribution in [0.15, 0.2) is 28.0 Å². The number of carbonyl (C=O) groups excluding carboxylic acids is 1. The van der Waals surface area contributed by atoms with Gasteiger partial charge in [-0.1, -0.05) is 16.7 Å². The number of thiazole rings is 1. The average Bonchev–Trinajstić information content (AvgIpc) is 3.16. The molecule has 0 bridgehead atoms. The molecule has 24 heavy (non-hydrogen) atoms. The van der Waals surface area contributed by atoms with Crippen molar-refractivity contribution in [2.75, 3.05) is 17.7 Å². The quantitative estimate of drug-likeness (QED) is 0.728. The minimum atomic E-state index is -0.569. The van der Waals surface area contributed by atoms with Gasteiger partial charge in [0.2, 0.25) is 0 Å². The lowest BCUT2D eigenvalue weighted by Crippen LogP contribution is -2.20. The van der Waals surface area contributed by atoms with E-state index in [9.17, 15) is 4.79 Å². The van der Waals surface area contributed by atoms with Crippen molar-refractivity contribution in [3.8, 4) is 17.3 Å². The second-order valence-corrected chi connectivity index (χ2v) is 6.09. The lowest BCUT2D eigenvalue weighted by Gasteiger charge is -2.10. The maximum absolute atomic E-state index is 12.0. The van der Waals surface area contributed by atoms with Crippen molar-refractivity contribution >= 4 is 40.7 Å². The fraction of sp³-hybridized carbons (Fsp3) is 0.143. The molecule has 0 radical (unpaired) electrons. The summed E-state index contributed by atoms with van der Waals surface area (Å²) in [6.45, 7) is 1.87. The third-order valence-electron chi connectivity index (χ3n) is 2.89. The molecule has 2 heterocycles. The molecular weight excluding hydrogens is 354 g/mol. The van der Waals surface area contributed by atoms with E-state index in [4.69, 9.17) is 20.8 Å². The number of nitrogens with zero attached hydrogens (tertiary/aromatic N) is 3. The van der Waals surface area contributed by atoms with Crippen LogP contribution in [-0.2, 0) is 0 Å². The number of hydrogen-bond donors (Lipinski definition) is 2. The number of hydrogen-bond acceptors (Lipinski definition) is 7. The van der Waals surface area contributed by atoms with E-state index in [0.717, 1.165) is 5.01 Å². The summed E-state index contributed by atoms with van der Waals surface area (Å²) in [6, 6.07) is 4.25. The number of halogens is 1. The molecule has 0 aliphatic rings. The van der Waals surface area contributed by atoms with E-state index in [1.54, 1.807) is 23.6 Å². The molecule has 0 saturated heterocycles. The van der Waals surface area contributed by atoms with E-state index in [1.807, 2.05) is 6.92 Å². The van der Waals surface area contributed by atoms with E-state index >= 15 is 0 Å². The van der Waals surface area contributed by atoms with Crippen LogP contribution in [0.4, 0.5) is 16.5 Å². The van der Waals surface area contributed by atoms with Crippen LogP contribution in [-0.4, -0.2) is 28.3 Å². The molecule has 0 aliphatic heterocycles. The van der Waals surface area contributed by atoms with Gasteiger partial charge in [-0.15, -0.1) is 16.4 Å². The Bertz CT molecular complexity index is 879. The number of carbonyl (C=O) groups is 1. The monoisotopic (exact) mass is 365 g/mol. The molecule has 3 rings (SSSR count). The van der Waals surface area contributed by atoms with Gasteiger partial charge in [0.05, 0.1) is 17.8 Å². The molecule has 2 amide bonds. The number of amides is 2. The topological polar surface area (TPSA) is 102 Å². The Morgan fingerprint density at radius 1 is 1.33 bits per heavy atom. The fourth-order valence-electron chi connectivity index (χ4n) is 1.87. The van der Waals surface area contributed by atoms with Crippen LogP contribution in [0.3, 0.4) is 0 Å². The third-order valence-corrected chi connectivity index (χ3v) is 3.90. The molecule has 3 aromatic rings. The molecule has 2 aromatic heterocycles. The number of anilines is 2. The Morgan fingerprint density at radius 3 is 2.88 bits per heavy atom. The van der Waals surface area contributed by atoms with Gasteiger partial charge in [0, 0.05) is 10.4 Å². The van der Waals surface area contributed by atoms with E-state index in [-0.39, 0.29) is 11.9 Å². The van der Waals surface area contributed by atoms with Crippen LogP contribution in [0.5, 0.6) is 5.75 Å². The summed E-state index contributed by atoms with van der Waals surface area (Å²) in [7, 11) is 1.49. The van der Waals surface area contributed by atoms with Gasteiger partial charge in [-0.05, 0) is 25.1 Å². The summed E-state index contributed by atoms with van der Waals surface area (Å²) in [5.41, 5.74) is 0.979. The largest absolute Gasteiger partial charge is 0.495 e. The van der Waals surface area contributed by atoms with E-state index in [0.29, 0.717) is 22.2 Å². The Hall–Kier alpha value is -2.65. The molecule has 0 saturated carbocycles. The number of aryl methyl sites for hydroxylation is 1. The zero-order valence-corrected chi connectivity index (χ0v) is 14.2. The molecular formula is C14H12ClN5O3S. The first kappa shape index (κ1) is 16.2. The molecule has 10 heteroatoms. The molecule has 0 spiro atoms. The lowest BCUT2D eigenvalue weighted by molar-refractivity contribution is 0.261. The van der Waals surface area contributed by atoms with Crippen LogP contribution < -0.4 is 15.4 Å². The first-order valence-corrected chi connectivity index (χ1v) is 7.98. The zero-order chi connectivity index (χ0) is 17.1. The number of methoxy groups -OCH3 is 1. The molecule has 0 fully saturated rings. The first-order valence-electron chi connectivity index (χ1n) is 6.72. The SMILES string of the molecule is COc1ccc(Cl)cc1NC(=O)Nc1nnc(-c2csc(C)n2)o1. The van der Waals surface area contributed by atoms with Crippen molar-refractivity contribution in [1.82, 2.24) is 15.2 Å². The van der Waals surface area contributed by atoms with Gasteiger partial charge in [0.25, 0.3) is 5.89 Å². The van der Waals surface area contributed by atoms with Crippen molar-refractivity contribution < 1.29 is 13.9 Å². The van der Waals surface area contributed by atoms with Gasteiger partial charge >= 0.3 is 12.0 Å². The second kappa shape index (κ2) is 6.85. The van der Waals surface area contributed by atoms with Crippen molar-refractivity contribution in [1.29, 1.82) is 0 Å². The van der Waals surface area contributed by atoms with Gasteiger partial charge in [0.15, 0.2) is 0 Å². The lowest BCUT2D eigenvalue weighted by atomic mass is 10.3. The number of ether oxygens (including phenoxy) is 1. The number of aromatic nitrogens is 3. The smallest absolute Gasteiger partial charge is 0.327 e. The molecule has 0 atom stereocenters. The third kappa shape index (κ3) is 3.63. The summed E-state index contributed by atoms with van der Waals surface area (Å²) < 4.78 is 10.5. The van der Waals surface area contributed by atoms with Crippen molar-refractivity contribution in [3.05, 3.63) is 33.6 Å². The van der Waals surface area contributed by atoms with Gasteiger partial charge in [-0.3, -0.25) is 5.32 Å². The van der Waals surface area contributed by atoms with Crippen molar-refractivity contribution in [3.63, 3.8) is 0 Å². The predicted molar refractivity (Wildman–Crippen MR) is 90.8 cm³/mol. The Balaban J connectivity index is 1.69. The van der Waals surface area contributed by atoms with Crippen LogP contribution in [0.1, 0.15) is 5.01 Å². The number of nitrogens with one attached hydrogen (secondary N) is 2. The minimum Gasteiger partial charge on any atom is -0.495 e.